The minimum Gasteiger partial charge on any atom is -0.497 e. The molecule has 2 saturated heterocycles. The Kier molecular flexibility index (Phi) is 9.47. The molecule has 7 N–H and O–H groups in total. The Morgan fingerprint density at radius 2 is 1.39 bits per heavy atom. The molecule has 0 aliphatic carbocycles. The average molecular weight is 627 g/mol. The summed E-state index contributed by atoms with van der Waals surface area (Å²) in [5.41, 5.74) is -0.280. The molecule has 1 aromatic heterocycles. The predicted molar refractivity (Wildman–Crippen MR) is 147 cm³/mol. The van der Waals surface area contributed by atoms with Gasteiger partial charge in [-0.2, -0.15) is 0 Å². The minimum atomic E-state index is -1.85. The molecule has 0 radical (unpaired) electrons. The van der Waals surface area contributed by atoms with Gasteiger partial charge in [-0.3, -0.25) is 4.79 Å². The van der Waals surface area contributed by atoms with Crippen molar-refractivity contribution < 1.29 is 73.3 Å². The van der Waals surface area contributed by atoms with E-state index in [0.717, 1.165) is 0 Å². The SMILES string of the molecule is COc1ccc2oc3cc(OC)c(OC)c(O[C@@H]4O[C@H](CO[C@@H]5O[C@H](CO)[C@@H](O)[C@H](O)[C@H]5O)[C@@H](O)[C@H](O)[C@H]4O)c3c(=O)c2c1. The van der Waals surface area contributed by atoms with Crippen LogP contribution in [0.25, 0.3) is 21.9 Å². The first-order valence-corrected chi connectivity index (χ1v) is 13.5. The number of rotatable bonds is 9. The van der Waals surface area contributed by atoms with Crippen LogP contribution >= 0.6 is 0 Å². The predicted octanol–water partition coefficient (Wildman–Crippen LogP) is -2.03. The molecular weight excluding hydrogens is 592 g/mol. The number of fused-ring (bicyclic) bond motifs is 2. The minimum absolute atomic E-state index is 0.0358. The number of aliphatic hydroxyl groups is 7. The van der Waals surface area contributed by atoms with Crippen molar-refractivity contribution >= 4 is 21.9 Å². The Balaban J connectivity index is 1.48. The number of aliphatic hydroxyl groups excluding tert-OH is 7. The van der Waals surface area contributed by atoms with Gasteiger partial charge in [-0.15, -0.1) is 0 Å². The molecule has 0 amide bonds. The Morgan fingerprint density at radius 1 is 0.727 bits per heavy atom. The highest BCUT2D eigenvalue weighted by molar-refractivity contribution is 5.96. The van der Waals surface area contributed by atoms with Crippen molar-refractivity contribution in [3.63, 3.8) is 0 Å². The van der Waals surface area contributed by atoms with E-state index >= 15 is 0 Å². The summed E-state index contributed by atoms with van der Waals surface area (Å²) in [4.78, 5) is 13.8. The second-order valence-electron chi connectivity index (χ2n) is 10.3. The summed E-state index contributed by atoms with van der Waals surface area (Å²) in [7, 11) is 4.07. The number of hydrogen-bond donors (Lipinski definition) is 7. The lowest BCUT2D eigenvalue weighted by Gasteiger charge is -2.42. The number of methoxy groups -OCH3 is 3. The summed E-state index contributed by atoms with van der Waals surface area (Å²) < 4.78 is 44.6. The van der Waals surface area contributed by atoms with E-state index in [9.17, 15) is 40.5 Å². The zero-order valence-corrected chi connectivity index (χ0v) is 23.8. The third-order valence-corrected chi connectivity index (χ3v) is 7.64. The number of ether oxygens (including phenoxy) is 7. The summed E-state index contributed by atoms with van der Waals surface area (Å²) in [6.45, 7) is -1.28. The standard InChI is InChI=1S/C28H34O16/c1-37-10-4-5-12-11(6-10)18(30)17-13(41-12)7-14(38-2)25(39-3)26(17)44-28-24(36)22(34)20(32)16(43-28)9-40-27-23(35)21(33)19(31)15(8-29)42-27/h4-7,15-16,19-24,27-29,31-36H,8-9H2,1-3H3/t15-,16-,19-,20-,21+,22+,23-,24-,27-,28+/m1/s1. The molecule has 0 saturated carbocycles. The third kappa shape index (κ3) is 5.65. The molecule has 2 aromatic carbocycles. The van der Waals surface area contributed by atoms with Gasteiger partial charge >= 0.3 is 0 Å². The van der Waals surface area contributed by atoms with Gasteiger partial charge < -0.3 is 73.3 Å². The molecule has 5 rings (SSSR count). The highest BCUT2D eigenvalue weighted by Crippen LogP contribution is 2.44. The second kappa shape index (κ2) is 13.0. The second-order valence-corrected chi connectivity index (χ2v) is 10.3. The molecule has 2 fully saturated rings. The van der Waals surface area contributed by atoms with Gasteiger partial charge in [0, 0.05) is 6.07 Å². The first-order chi connectivity index (χ1) is 21.0. The zero-order valence-electron chi connectivity index (χ0n) is 23.8. The summed E-state index contributed by atoms with van der Waals surface area (Å²) >= 11 is 0. The third-order valence-electron chi connectivity index (χ3n) is 7.64. The maximum absolute atomic E-state index is 13.8. The van der Waals surface area contributed by atoms with Crippen LogP contribution < -0.4 is 24.4 Å². The molecule has 0 unspecified atom stereocenters. The van der Waals surface area contributed by atoms with Crippen LogP contribution in [0.15, 0.2) is 33.5 Å². The summed E-state index contributed by atoms with van der Waals surface area (Å²) in [5, 5.41) is 71.8. The molecule has 3 aromatic rings. The molecule has 44 heavy (non-hydrogen) atoms. The maximum atomic E-state index is 13.8. The van der Waals surface area contributed by atoms with Gasteiger partial charge in [-0.25, -0.2) is 0 Å². The lowest BCUT2D eigenvalue weighted by molar-refractivity contribution is -0.323. The average Bonchev–Trinajstić information content (AvgIpc) is 3.03. The van der Waals surface area contributed by atoms with Crippen LogP contribution in [0.5, 0.6) is 23.0 Å². The lowest BCUT2D eigenvalue weighted by Crippen LogP contribution is -2.62. The Hall–Kier alpha value is -3.29. The van der Waals surface area contributed by atoms with Crippen molar-refractivity contribution in [3.8, 4) is 23.0 Å². The van der Waals surface area contributed by atoms with Crippen LogP contribution in [-0.2, 0) is 14.2 Å². The molecule has 2 aliphatic heterocycles. The van der Waals surface area contributed by atoms with Gasteiger partial charge in [0.15, 0.2) is 17.8 Å². The van der Waals surface area contributed by atoms with Crippen molar-refractivity contribution in [2.24, 2.45) is 0 Å². The van der Waals surface area contributed by atoms with Crippen molar-refractivity contribution in [1.29, 1.82) is 0 Å². The van der Waals surface area contributed by atoms with Crippen LogP contribution in [0.1, 0.15) is 0 Å². The van der Waals surface area contributed by atoms with Crippen LogP contribution in [0.2, 0.25) is 0 Å². The highest BCUT2D eigenvalue weighted by atomic mass is 16.7. The van der Waals surface area contributed by atoms with Gasteiger partial charge in [0.2, 0.25) is 17.5 Å². The molecular formula is C28H34O16. The fourth-order valence-electron chi connectivity index (χ4n) is 5.17. The highest BCUT2D eigenvalue weighted by Gasteiger charge is 2.48. The van der Waals surface area contributed by atoms with Gasteiger partial charge in [-0.1, -0.05) is 0 Å². The van der Waals surface area contributed by atoms with Crippen LogP contribution in [0.4, 0.5) is 0 Å². The van der Waals surface area contributed by atoms with Crippen molar-refractivity contribution in [1.82, 2.24) is 0 Å². The largest absolute Gasteiger partial charge is 0.497 e. The maximum Gasteiger partial charge on any atom is 0.229 e. The molecule has 16 nitrogen and oxygen atoms in total. The summed E-state index contributed by atoms with van der Waals surface area (Å²) in [5.74, 6) is 0.151. The fourth-order valence-corrected chi connectivity index (χ4v) is 5.17. The monoisotopic (exact) mass is 626 g/mol. The van der Waals surface area contributed by atoms with Gasteiger partial charge in [0.05, 0.1) is 39.9 Å². The first kappa shape index (κ1) is 32.1. The van der Waals surface area contributed by atoms with Crippen LogP contribution in [0, 0.1) is 0 Å². The van der Waals surface area contributed by atoms with Gasteiger partial charge in [-0.05, 0) is 18.2 Å². The van der Waals surface area contributed by atoms with E-state index in [0.29, 0.717) is 5.75 Å². The number of hydrogen-bond acceptors (Lipinski definition) is 16. The first-order valence-electron chi connectivity index (χ1n) is 13.5. The Morgan fingerprint density at radius 3 is 2.02 bits per heavy atom. The molecule has 0 spiro atoms. The fraction of sp³-hybridized carbons (Fsp3) is 0.536. The van der Waals surface area contributed by atoms with E-state index in [4.69, 9.17) is 37.6 Å². The quantitative estimate of drug-likeness (QED) is 0.127. The topological polar surface area (TPSA) is 236 Å². The smallest absolute Gasteiger partial charge is 0.229 e. The summed E-state index contributed by atoms with van der Waals surface area (Å²) in [6.07, 6.45) is -16.5. The van der Waals surface area contributed by atoms with Crippen molar-refractivity contribution in [2.75, 3.05) is 34.5 Å². The van der Waals surface area contributed by atoms with E-state index in [1.165, 1.54) is 33.5 Å². The van der Waals surface area contributed by atoms with E-state index in [-0.39, 0.29) is 39.2 Å². The van der Waals surface area contributed by atoms with Crippen LogP contribution in [0.3, 0.4) is 0 Å². The van der Waals surface area contributed by atoms with E-state index < -0.39 is 80.1 Å². The lowest BCUT2D eigenvalue weighted by atomic mass is 9.98. The molecule has 16 heteroatoms. The van der Waals surface area contributed by atoms with E-state index in [1.807, 2.05) is 0 Å². The Labute approximate surface area is 249 Å². The molecule has 0 bridgehead atoms. The summed E-state index contributed by atoms with van der Waals surface area (Å²) in [6, 6.07) is 6.05. The normalized spacial score (nSPS) is 32.5. The van der Waals surface area contributed by atoms with Crippen molar-refractivity contribution in [2.45, 2.75) is 61.4 Å². The van der Waals surface area contributed by atoms with Crippen LogP contribution in [-0.4, -0.2) is 132 Å². The van der Waals surface area contributed by atoms with Crippen molar-refractivity contribution in [3.05, 3.63) is 34.5 Å². The Bertz CT molecular complexity index is 1520. The zero-order chi connectivity index (χ0) is 31.9. The molecule has 3 heterocycles. The van der Waals surface area contributed by atoms with E-state index in [1.54, 1.807) is 12.1 Å². The van der Waals surface area contributed by atoms with Gasteiger partial charge in [0.25, 0.3) is 0 Å². The molecule has 242 valence electrons. The molecule has 2 aliphatic rings. The number of benzene rings is 2. The molecule has 10 atom stereocenters. The van der Waals surface area contributed by atoms with Gasteiger partial charge in [0.1, 0.15) is 71.1 Å². The van der Waals surface area contributed by atoms with E-state index in [2.05, 4.69) is 0 Å².